The highest BCUT2D eigenvalue weighted by Gasteiger charge is 2.28. The fourth-order valence-electron chi connectivity index (χ4n) is 2.27. The molecule has 0 N–H and O–H groups in total. The topological polar surface area (TPSA) is 35.5 Å². The maximum atomic E-state index is 11.8. The summed E-state index contributed by atoms with van der Waals surface area (Å²) in [6, 6.07) is 0. The minimum atomic E-state index is -1.64. The number of halogens is 3. The lowest BCUT2D eigenvalue weighted by atomic mass is 9.76. The zero-order valence-corrected chi connectivity index (χ0v) is 17.8. The van der Waals surface area contributed by atoms with Crippen LogP contribution in [0.5, 0.6) is 0 Å². The zero-order chi connectivity index (χ0) is 19.1. The molecular formula is C18H31Cl3O3. The molecule has 0 aromatic rings. The molecule has 0 amide bonds. The van der Waals surface area contributed by atoms with Crippen molar-refractivity contribution in [1.82, 2.24) is 0 Å². The lowest BCUT2D eigenvalue weighted by molar-refractivity contribution is 0.00241. The van der Waals surface area contributed by atoms with E-state index < -0.39 is 9.95 Å². The van der Waals surface area contributed by atoms with Crippen molar-refractivity contribution in [2.24, 2.45) is 23.2 Å². The van der Waals surface area contributed by atoms with Gasteiger partial charge in [-0.1, -0.05) is 82.4 Å². The van der Waals surface area contributed by atoms with Crippen LogP contribution in [0.15, 0.2) is 12.7 Å². The second kappa shape index (κ2) is 10.1. The molecule has 4 atom stereocenters. The second-order valence-corrected chi connectivity index (χ2v) is 10.3. The second-order valence-electron chi connectivity index (χ2n) is 7.75. The van der Waals surface area contributed by atoms with Gasteiger partial charge in [-0.25, -0.2) is 4.79 Å². The highest BCUT2D eigenvalue weighted by atomic mass is 35.6. The molecule has 3 nitrogen and oxygen atoms in total. The molecule has 0 unspecified atom stereocenters. The van der Waals surface area contributed by atoms with Gasteiger partial charge in [0.2, 0.25) is 3.79 Å². The van der Waals surface area contributed by atoms with Gasteiger partial charge in [0, 0.05) is 5.92 Å². The number of rotatable bonds is 8. The molecular weight excluding hydrogens is 371 g/mol. The van der Waals surface area contributed by atoms with Crippen LogP contribution in [0.4, 0.5) is 4.79 Å². The molecule has 0 spiro atoms. The van der Waals surface area contributed by atoms with Gasteiger partial charge in [0.1, 0.15) is 12.7 Å². The van der Waals surface area contributed by atoms with Crippen LogP contribution >= 0.6 is 34.8 Å². The Morgan fingerprint density at radius 3 is 2.08 bits per heavy atom. The van der Waals surface area contributed by atoms with Gasteiger partial charge in [0.15, 0.2) is 0 Å². The van der Waals surface area contributed by atoms with Gasteiger partial charge in [0.25, 0.3) is 0 Å². The fourth-order valence-corrected chi connectivity index (χ4v) is 2.43. The third kappa shape index (κ3) is 10.7. The average Bonchev–Trinajstić information content (AvgIpc) is 2.41. The van der Waals surface area contributed by atoms with Gasteiger partial charge < -0.3 is 9.47 Å². The zero-order valence-electron chi connectivity index (χ0n) is 15.6. The van der Waals surface area contributed by atoms with Crippen molar-refractivity contribution in [3.8, 4) is 0 Å². The van der Waals surface area contributed by atoms with Crippen molar-refractivity contribution in [3.05, 3.63) is 12.7 Å². The molecule has 0 aromatic carbocycles. The predicted molar refractivity (Wildman–Crippen MR) is 103 cm³/mol. The molecule has 0 saturated carbocycles. The molecule has 0 aliphatic rings. The van der Waals surface area contributed by atoms with Crippen LogP contribution in [0.2, 0.25) is 0 Å². The van der Waals surface area contributed by atoms with Crippen LogP contribution in [0.3, 0.4) is 0 Å². The predicted octanol–water partition coefficient (Wildman–Crippen LogP) is 6.80. The number of carbonyl (C=O) groups is 1. The van der Waals surface area contributed by atoms with E-state index in [1.807, 2.05) is 6.92 Å². The molecule has 24 heavy (non-hydrogen) atoms. The smallest absolute Gasteiger partial charge is 0.430 e. The van der Waals surface area contributed by atoms with Gasteiger partial charge >= 0.3 is 6.16 Å². The Bertz CT molecular complexity index is 399. The number of hydrogen-bond donors (Lipinski definition) is 0. The van der Waals surface area contributed by atoms with Crippen molar-refractivity contribution in [3.63, 3.8) is 0 Å². The van der Waals surface area contributed by atoms with E-state index >= 15 is 0 Å². The molecule has 0 heterocycles. The summed E-state index contributed by atoms with van der Waals surface area (Å²) in [4.78, 5) is 11.8. The average molecular weight is 402 g/mol. The molecule has 6 heteroatoms. The highest BCUT2D eigenvalue weighted by molar-refractivity contribution is 6.67. The van der Waals surface area contributed by atoms with Crippen molar-refractivity contribution >= 4 is 41.0 Å². The normalized spacial score (nSPS) is 17.5. The van der Waals surface area contributed by atoms with Crippen LogP contribution in [0.25, 0.3) is 0 Å². The molecule has 0 aliphatic carbocycles. The fraction of sp³-hybridized carbons (Fsp3) is 0.833. The van der Waals surface area contributed by atoms with Crippen molar-refractivity contribution in [2.45, 2.75) is 64.3 Å². The minimum absolute atomic E-state index is 0.0118. The van der Waals surface area contributed by atoms with Gasteiger partial charge in [-0.05, 0) is 30.1 Å². The van der Waals surface area contributed by atoms with Crippen LogP contribution in [-0.2, 0) is 9.47 Å². The molecule has 0 rings (SSSR count). The lowest BCUT2D eigenvalue weighted by Gasteiger charge is -2.31. The number of carbonyl (C=O) groups excluding carboxylic acids is 1. The number of ether oxygens (including phenoxy) is 2. The Labute approximate surface area is 162 Å². The van der Waals surface area contributed by atoms with Crippen LogP contribution < -0.4 is 0 Å². The summed E-state index contributed by atoms with van der Waals surface area (Å²) in [5, 5.41) is 0. The standard InChI is InChI=1S/C18H31Cl3O3/c1-8-13(3)15(24-16(22)23-11-18(19,20)21)10-12(2)9-14(4)17(5,6)7/h8,12-15H,1,9-11H2,2-7H3/t12-,13-,14+,15+/m1/s1. The molecule has 0 saturated heterocycles. The summed E-state index contributed by atoms with van der Waals surface area (Å²) < 4.78 is 8.64. The van der Waals surface area contributed by atoms with E-state index in [9.17, 15) is 4.79 Å². The Morgan fingerprint density at radius 2 is 1.67 bits per heavy atom. The van der Waals surface area contributed by atoms with E-state index in [4.69, 9.17) is 44.3 Å². The van der Waals surface area contributed by atoms with Gasteiger partial charge in [-0.3, -0.25) is 0 Å². The first-order valence-electron chi connectivity index (χ1n) is 8.29. The highest BCUT2D eigenvalue weighted by Crippen LogP contribution is 2.33. The molecule has 0 fully saturated rings. The minimum Gasteiger partial charge on any atom is -0.430 e. The summed E-state index contributed by atoms with van der Waals surface area (Å²) in [6.45, 7) is 16.5. The SMILES string of the molecule is C=C[C@@H](C)[C@H](C[C@H](C)C[C@H](C)C(C)(C)C)OC(=O)OCC(Cl)(Cl)Cl. The first-order valence-corrected chi connectivity index (χ1v) is 9.42. The summed E-state index contributed by atoms with van der Waals surface area (Å²) in [5.41, 5.74) is 0.248. The van der Waals surface area contributed by atoms with E-state index in [-0.39, 0.29) is 24.0 Å². The Morgan fingerprint density at radius 1 is 1.12 bits per heavy atom. The van der Waals surface area contributed by atoms with Gasteiger partial charge in [0.05, 0.1) is 0 Å². The summed E-state index contributed by atoms with van der Waals surface area (Å²) >= 11 is 16.7. The van der Waals surface area contributed by atoms with Crippen molar-refractivity contribution < 1.29 is 14.3 Å². The molecule has 142 valence electrons. The Kier molecular flexibility index (Phi) is 10.1. The molecule has 0 aromatic heterocycles. The van der Waals surface area contributed by atoms with Crippen molar-refractivity contribution in [2.75, 3.05) is 6.61 Å². The Hall–Kier alpha value is -0.120. The quantitative estimate of drug-likeness (QED) is 0.255. The molecule has 0 aliphatic heterocycles. The van der Waals surface area contributed by atoms with Crippen molar-refractivity contribution in [1.29, 1.82) is 0 Å². The maximum Gasteiger partial charge on any atom is 0.508 e. The van der Waals surface area contributed by atoms with Gasteiger partial charge in [-0.2, -0.15) is 0 Å². The molecule has 0 radical (unpaired) electrons. The first-order chi connectivity index (χ1) is 10.8. The monoisotopic (exact) mass is 400 g/mol. The van der Waals surface area contributed by atoms with E-state index in [1.165, 1.54) is 0 Å². The van der Waals surface area contributed by atoms with Crippen LogP contribution in [0.1, 0.15) is 54.4 Å². The van der Waals surface area contributed by atoms with E-state index in [0.717, 1.165) is 12.8 Å². The summed E-state index contributed by atoms with van der Waals surface area (Å²) in [6.07, 6.45) is 2.42. The largest absolute Gasteiger partial charge is 0.508 e. The van der Waals surface area contributed by atoms with E-state index in [0.29, 0.717) is 11.8 Å². The number of hydrogen-bond acceptors (Lipinski definition) is 3. The number of alkyl halides is 3. The lowest BCUT2D eigenvalue weighted by Crippen LogP contribution is -2.29. The Balaban J connectivity index is 4.67. The third-order valence-corrected chi connectivity index (χ3v) is 4.76. The first kappa shape index (κ1) is 23.9. The van der Waals surface area contributed by atoms with E-state index in [1.54, 1.807) is 6.08 Å². The summed E-state index contributed by atoms with van der Waals surface area (Å²) in [7, 11) is 0. The van der Waals surface area contributed by atoms with Crippen LogP contribution in [0, 0.1) is 23.2 Å². The van der Waals surface area contributed by atoms with Gasteiger partial charge in [-0.15, -0.1) is 6.58 Å². The maximum absolute atomic E-state index is 11.8. The van der Waals surface area contributed by atoms with E-state index in [2.05, 4.69) is 41.2 Å². The third-order valence-electron chi connectivity index (χ3n) is 4.43. The van der Waals surface area contributed by atoms with Crippen LogP contribution in [-0.4, -0.2) is 22.7 Å². The summed E-state index contributed by atoms with van der Waals surface area (Å²) in [5.74, 6) is 0.966. The molecule has 0 bridgehead atoms.